The maximum Gasteiger partial charge on any atom is 0.338 e. The van der Waals surface area contributed by atoms with Crippen molar-refractivity contribution < 1.29 is 19.0 Å². The minimum absolute atomic E-state index is 0.00709. The van der Waals surface area contributed by atoms with E-state index in [1.54, 1.807) is 0 Å². The number of carbonyl (C=O) groups excluding carboxylic acids is 1. The molecule has 3 rings (SSSR count). The number of nitro benzene ring substituents is 1. The zero-order valence-electron chi connectivity index (χ0n) is 11.8. The molecule has 0 bridgehead atoms. The van der Waals surface area contributed by atoms with Crippen LogP contribution in [0, 0.1) is 10.1 Å². The average molecular weight is 366 g/mol. The number of hydrogen-bond acceptors (Lipinski definition) is 8. The van der Waals surface area contributed by atoms with Gasteiger partial charge in [0.05, 0.1) is 16.1 Å². The number of benzene rings is 1. The number of hydrogen-bond donors (Lipinski definition) is 0. The summed E-state index contributed by atoms with van der Waals surface area (Å²) in [7, 11) is 0. The van der Waals surface area contributed by atoms with Crippen molar-refractivity contribution in [3.63, 3.8) is 0 Å². The monoisotopic (exact) mass is 365 g/mol. The number of aromatic nitrogens is 2. The lowest BCUT2D eigenvalue weighted by atomic mass is 10.2. The fourth-order valence-electron chi connectivity index (χ4n) is 1.81. The predicted molar refractivity (Wildman–Crippen MR) is 84.8 cm³/mol. The van der Waals surface area contributed by atoms with Gasteiger partial charge in [-0.05, 0) is 23.6 Å². The summed E-state index contributed by atoms with van der Waals surface area (Å²) in [5.41, 5.74) is 0.413. The van der Waals surface area contributed by atoms with Crippen LogP contribution >= 0.6 is 22.9 Å². The summed E-state index contributed by atoms with van der Waals surface area (Å²) in [5.74, 6) is -0.242. The van der Waals surface area contributed by atoms with Gasteiger partial charge in [-0.2, -0.15) is 16.3 Å². The summed E-state index contributed by atoms with van der Waals surface area (Å²) in [5, 5.41) is 18.2. The van der Waals surface area contributed by atoms with Gasteiger partial charge in [-0.15, -0.1) is 0 Å². The molecule has 8 nitrogen and oxygen atoms in total. The normalized spacial score (nSPS) is 10.5. The number of rotatable bonds is 5. The molecule has 0 unspecified atom stereocenters. The Morgan fingerprint density at radius 3 is 2.96 bits per heavy atom. The van der Waals surface area contributed by atoms with Crippen LogP contribution in [0.5, 0.6) is 0 Å². The number of ether oxygens (including phenoxy) is 1. The van der Waals surface area contributed by atoms with Crippen molar-refractivity contribution in [3.8, 4) is 11.5 Å². The average Bonchev–Trinajstić information content (AvgIpc) is 3.24. The van der Waals surface area contributed by atoms with E-state index in [-0.39, 0.29) is 28.7 Å². The molecule has 0 aliphatic carbocycles. The molecule has 0 amide bonds. The molecule has 2 aromatic heterocycles. The molecule has 0 saturated carbocycles. The first-order valence-electron chi connectivity index (χ1n) is 6.51. The lowest BCUT2D eigenvalue weighted by Gasteiger charge is -2.02. The van der Waals surface area contributed by atoms with Crippen LogP contribution in [0.2, 0.25) is 5.02 Å². The summed E-state index contributed by atoms with van der Waals surface area (Å²) < 4.78 is 10.1. The van der Waals surface area contributed by atoms with Crippen LogP contribution in [-0.4, -0.2) is 21.0 Å². The summed E-state index contributed by atoms with van der Waals surface area (Å²) in [6.07, 6.45) is 0. The Labute approximate surface area is 143 Å². The van der Waals surface area contributed by atoms with Gasteiger partial charge >= 0.3 is 5.97 Å². The number of esters is 1. The maximum atomic E-state index is 12.0. The van der Waals surface area contributed by atoms with Crippen molar-refractivity contribution in [1.82, 2.24) is 10.1 Å². The van der Waals surface area contributed by atoms with Gasteiger partial charge in [0.1, 0.15) is 5.02 Å². The van der Waals surface area contributed by atoms with Crippen molar-refractivity contribution in [2.24, 2.45) is 0 Å². The lowest BCUT2D eigenvalue weighted by Crippen LogP contribution is -2.06. The predicted octanol–water partition coefficient (Wildman–Crippen LogP) is 3.72. The van der Waals surface area contributed by atoms with Crippen molar-refractivity contribution in [2.75, 3.05) is 0 Å². The molecule has 0 spiro atoms. The third kappa shape index (κ3) is 3.42. The smallest absolute Gasteiger partial charge is 0.338 e. The lowest BCUT2D eigenvalue weighted by molar-refractivity contribution is -0.384. The highest BCUT2D eigenvalue weighted by Gasteiger charge is 2.18. The molecule has 0 aliphatic rings. The van der Waals surface area contributed by atoms with Crippen molar-refractivity contribution in [2.45, 2.75) is 6.61 Å². The number of thiophene rings is 1. The topological polar surface area (TPSA) is 108 Å². The second-order valence-corrected chi connectivity index (χ2v) is 5.71. The van der Waals surface area contributed by atoms with E-state index >= 15 is 0 Å². The molecule has 3 aromatic rings. The first-order chi connectivity index (χ1) is 11.5. The maximum absolute atomic E-state index is 12.0. The summed E-state index contributed by atoms with van der Waals surface area (Å²) in [4.78, 5) is 26.2. The van der Waals surface area contributed by atoms with E-state index in [9.17, 15) is 14.9 Å². The SMILES string of the molecule is O=C(OCc1noc(-c2ccsc2)n1)c1ccc(Cl)c([N+](=O)[O-])c1. The van der Waals surface area contributed by atoms with E-state index in [2.05, 4.69) is 10.1 Å². The molecule has 0 aliphatic heterocycles. The Hall–Kier alpha value is -2.78. The van der Waals surface area contributed by atoms with Gasteiger partial charge < -0.3 is 9.26 Å². The molecule has 24 heavy (non-hydrogen) atoms. The fourth-order valence-corrected chi connectivity index (χ4v) is 2.63. The van der Waals surface area contributed by atoms with E-state index in [0.29, 0.717) is 5.89 Å². The Morgan fingerprint density at radius 1 is 1.42 bits per heavy atom. The minimum atomic E-state index is -0.753. The number of nitrogens with zero attached hydrogens (tertiary/aromatic N) is 3. The van der Waals surface area contributed by atoms with Crippen molar-refractivity contribution in [3.05, 3.63) is 61.6 Å². The van der Waals surface area contributed by atoms with Gasteiger partial charge in [-0.3, -0.25) is 10.1 Å². The van der Waals surface area contributed by atoms with Gasteiger partial charge in [0.15, 0.2) is 6.61 Å². The zero-order valence-corrected chi connectivity index (χ0v) is 13.4. The van der Waals surface area contributed by atoms with Gasteiger partial charge in [-0.1, -0.05) is 16.8 Å². The third-order valence-corrected chi connectivity index (χ3v) is 3.95. The number of carbonyl (C=O) groups is 1. The third-order valence-electron chi connectivity index (χ3n) is 2.95. The largest absolute Gasteiger partial charge is 0.454 e. The Kier molecular flexibility index (Phi) is 4.54. The molecule has 0 fully saturated rings. The van der Waals surface area contributed by atoms with Crippen LogP contribution in [0.3, 0.4) is 0 Å². The standard InChI is InChI=1S/C14H8ClN3O5S/c15-10-2-1-8(5-11(10)18(20)21)14(19)22-6-12-16-13(23-17-12)9-3-4-24-7-9/h1-5,7H,6H2. The fraction of sp³-hybridized carbons (Fsp3) is 0.0714. The van der Waals surface area contributed by atoms with Crippen LogP contribution < -0.4 is 0 Å². The number of halogens is 1. The van der Waals surface area contributed by atoms with Crippen LogP contribution in [0.1, 0.15) is 16.2 Å². The quantitative estimate of drug-likeness (QED) is 0.385. The van der Waals surface area contributed by atoms with Crippen molar-refractivity contribution in [1.29, 1.82) is 0 Å². The summed E-state index contributed by atoms with van der Waals surface area (Å²) in [6, 6.07) is 5.47. The molecule has 0 atom stereocenters. The molecule has 0 N–H and O–H groups in total. The van der Waals surface area contributed by atoms with Crippen LogP contribution in [0.15, 0.2) is 39.5 Å². The molecule has 0 saturated heterocycles. The van der Waals surface area contributed by atoms with Crippen LogP contribution in [0.25, 0.3) is 11.5 Å². The van der Waals surface area contributed by atoms with E-state index in [4.69, 9.17) is 20.9 Å². The molecule has 0 radical (unpaired) electrons. The second kappa shape index (κ2) is 6.77. The first kappa shape index (κ1) is 16.1. The molecule has 2 heterocycles. The molecule has 10 heteroatoms. The van der Waals surface area contributed by atoms with Gasteiger partial charge in [-0.25, -0.2) is 4.79 Å². The number of nitro groups is 1. The first-order valence-corrected chi connectivity index (χ1v) is 7.83. The van der Waals surface area contributed by atoms with E-state index < -0.39 is 10.9 Å². The van der Waals surface area contributed by atoms with E-state index in [1.165, 1.54) is 23.5 Å². The highest BCUT2D eigenvalue weighted by atomic mass is 35.5. The van der Waals surface area contributed by atoms with Gasteiger partial charge in [0, 0.05) is 11.4 Å². The summed E-state index contributed by atoms with van der Waals surface area (Å²) >= 11 is 7.18. The molecular formula is C14H8ClN3O5S. The second-order valence-electron chi connectivity index (χ2n) is 4.53. The molecule has 1 aromatic carbocycles. The zero-order chi connectivity index (χ0) is 17.1. The van der Waals surface area contributed by atoms with Crippen molar-refractivity contribution >= 4 is 34.6 Å². The highest BCUT2D eigenvalue weighted by Crippen LogP contribution is 2.25. The van der Waals surface area contributed by atoms with Crippen LogP contribution in [0.4, 0.5) is 5.69 Å². The van der Waals surface area contributed by atoms with Gasteiger partial charge in [0.25, 0.3) is 11.6 Å². The Morgan fingerprint density at radius 2 is 2.25 bits per heavy atom. The minimum Gasteiger partial charge on any atom is -0.454 e. The summed E-state index contributed by atoms with van der Waals surface area (Å²) in [6.45, 7) is -0.219. The Balaban J connectivity index is 1.68. The van der Waals surface area contributed by atoms with E-state index in [1.807, 2.05) is 16.8 Å². The van der Waals surface area contributed by atoms with Gasteiger partial charge in [0.2, 0.25) is 5.82 Å². The molecular weight excluding hydrogens is 358 g/mol. The van der Waals surface area contributed by atoms with E-state index in [0.717, 1.165) is 11.6 Å². The Bertz CT molecular complexity index is 894. The highest BCUT2D eigenvalue weighted by molar-refractivity contribution is 7.08. The van der Waals surface area contributed by atoms with Crippen LogP contribution in [-0.2, 0) is 11.3 Å². The molecule has 122 valence electrons.